The monoisotopic (exact) mass is 326 g/mol. The molecule has 1 aliphatic heterocycles. The molecule has 3 aromatic carbocycles. The Labute approximate surface area is 146 Å². The van der Waals surface area contributed by atoms with Crippen molar-refractivity contribution in [2.45, 2.75) is 12.8 Å². The molecule has 2 N–H and O–H groups in total. The lowest BCUT2D eigenvalue weighted by atomic mass is 10.1. The molecular formula is C21H18N4. The summed E-state index contributed by atoms with van der Waals surface area (Å²) in [7, 11) is 0. The second kappa shape index (κ2) is 5.76. The van der Waals surface area contributed by atoms with Crippen LogP contribution in [0.15, 0.2) is 78.9 Å². The summed E-state index contributed by atoms with van der Waals surface area (Å²) in [5.41, 5.74) is 5.65. The van der Waals surface area contributed by atoms with Gasteiger partial charge in [-0.3, -0.25) is 9.88 Å². The Balaban J connectivity index is 1.60. The number of anilines is 1. The fourth-order valence-electron chi connectivity index (χ4n) is 3.46. The van der Waals surface area contributed by atoms with E-state index in [0.29, 0.717) is 0 Å². The number of imidazole rings is 1. The molecule has 4 heteroatoms. The van der Waals surface area contributed by atoms with Crippen molar-refractivity contribution in [3.8, 4) is 11.4 Å². The Hall–Kier alpha value is -3.11. The predicted molar refractivity (Wildman–Crippen MR) is 101 cm³/mol. The van der Waals surface area contributed by atoms with E-state index in [4.69, 9.17) is 4.98 Å². The molecule has 0 fully saturated rings. The summed E-state index contributed by atoms with van der Waals surface area (Å²) in [5.74, 6) is 1.00. The highest BCUT2D eigenvalue weighted by Crippen LogP contribution is 2.37. The van der Waals surface area contributed by atoms with Crippen molar-refractivity contribution in [1.29, 1.82) is 0 Å². The van der Waals surface area contributed by atoms with Crippen molar-refractivity contribution in [2.24, 2.45) is 0 Å². The van der Waals surface area contributed by atoms with Gasteiger partial charge in [0.25, 0.3) is 0 Å². The molecule has 1 atom stereocenters. The van der Waals surface area contributed by atoms with Crippen LogP contribution in [0, 0.1) is 0 Å². The molecule has 1 aliphatic rings. The fourth-order valence-corrected chi connectivity index (χ4v) is 3.46. The third kappa shape index (κ3) is 2.39. The summed E-state index contributed by atoms with van der Waals surface area (Å²) in [6, 6.07) is 27.1. The minimum atomic E-state index is -0.0440. The molecule has 0 spiro atoms. The van der Waals surface area contributed by atoms with Crippen LogP contribution in [0.2, 0.25) is 0 Å². The number of hydrogen-bond acceptors (Lipinski definition) is 3. The normalized spacial score (nSPS) is 15.4. The molecule has 4 aromatic rings. The summed E-state index contributed by atoms with van der Waals surface area (Å²) in [5, 5.41) is 7.24. The zero-order valence-corrected chi connectivity index (χ0v) is 13.7. The van der Waals surface area contributed by atoms with E-state index < -0.39 is 0 Å². The van der Waals surface area contributed by atoms with Crippen LogP contribution in [0.3, 0.4) is 0 Å². The van der Waals surface area contributed by atoms with Crippen molar-refractivity contribution in [1.82, 2.24) is 14.9 Å². The van der Waals surface area contributed by atoms with Gasteiger partial charge in [-0.1, -0.05) is 54.6 Å². The molecule has 1 unspecified atom stereocenters. The van der Waals surface area contributed by atoms with Crippen LogP contribution in [0.1, 0.15) is 11.9 Å². The quantitative estimate of drug-likeness (QED) is 0.587. The molecule has 0 amide bonds. The maximum absolute atomic E-state index is 4.88. The first kappa shape index (κ1) is 14.3. The molecule has 5 rings (SSSR count). The van der Waals surface area contributed by atoms with Crippen LogP contribution in [0.5, 0.6) is 0 Å². The summed E-state index contributed by atoms with van der Waals surface area (Å²) < 4.78 is 2.25. The molecule has 122 valence electrons. The second-order valence-electron chi connectivity index (χ2n) is 6.25. The number of nitrogens with one attached hydrogen (secondary N) is 2. The van der Waals surface area contributed by atoms with Crippen LogP contribution in [-0.4, -0.2) is 9.55 Å². The number of fused-ring (bicyclic) bond motifs is 5. The van der Waals surface area contributed by atoms with Gasteiger partial charge in [0.1, 0.15) is 5.82 Å². The predicted octanol–water partition coefficient (Wildman–Crippen LogP) is 4.37. The molecular weight excluding hydrogens is 308 g/mol. The molecule has 25 heavy (non-hydrogen) atoms. The van der Waals surface area contributed by atoms with E-state index in [1.807, 2.05) is 12.1 Å². The molecule has 0 aliphatic carbocycles. The van der Waals surface area contributed by atoms with Crippen LogP contribution in [0.25, 0.3) is 22.4 Å². The van der Waals surface area contributed by atoms with Crippen molar-refractivity contribution in [2.75, 3.05) is 5.32 Å². The Morgan fingerprint density at radius 1 is 0.880 bits per heavy atom. The Kier molecular flexibility index (Phi) is 3.28. The van der Waals surface area contributed by atoms with Gasteiger partial charge in [0.15, 0.2) is 6.29 Å². The van der Waals surface area contributed by atoms with Crippen molar-refractivity contribution >= 4 is 16.7 Å². The van der Waals surface area contributed by atoms with Crippen molar-refractivity contribution in [3.05, 3.63) is 84.4 Å². The minimum absolute atomic E-state index is 0.0440. The number of nitrogens with zero attached hydrogens (tertiary/aromatic N) is 2. The smallest absolute Gasteiger partial charge is 0.161 e. The molecule has 0 saturated carbocycles. The van der Waals surface area contributed by atoms with Gasteiger partial charge in [-0.15, -0.1) is 0 Å². The van der Waals surface area contributed by atoms with Crippen LogP contribution >= 0.6 is 0 Å². The first-order valence-electron chi connectivity index (χ1n) is 8.50. The lowest BCUT2D eigenvalue weighted by Crippen LogP contribution is -2.35. The zero-order chi connectivity index (χ0) is 16.6. The van der Waals surface area contributed by atoms with Gasteiger partial charge in [-0.2, -0.15) is 0 Å². The molecule has 2 heterocycles. The van der Waals surface area contributed by atoms with E-state index in [0.717, 1.165) is 34.7 Å². The maximum Gasteiger partial charge on any atom is 0.161 e. The van der Waals surface area contributed by atoms with E-state index in [9.17, 15) is 0 Å². The van der Waals surface area contributed by atoms with Gasteiger partial charge in [-0.25, -0.2) is 4.98 Å². The van der Waals surface area contributed by atoms with E-state index in [1.54, 1.807) is 0 Å². The number of benzene rings is 3. The maximum atomic E-state index is 4.88. The third-order valence-corrected chi connectivity index (χ3v) is 4.66. The summed E-state index contributed by atoms with van der Waals surface area (Å²) >= 11 is 0. The number of rotatable bonds is 3. The van der Waals surface area contributed by atoms with Crippen molar-refractivity contribution < 1.29 is 0 Å². The summed E-state index contributed by atoms with van der Waals surface area (Å²) in [6.07, 6.45) is -0.0440. The first-order chi connectivity index (χ1) is 12.4. The van der Waals surface area contributed by atoms with Crippen LogP contribution < -0.4 is 10.6 Å². The summed E-state index contributed by atoms with van der Waals surface area (Å²) in [6.45, 7) is 0.784. The molecule has 4 nitrogen and oxygen atoms in total. The van der Waals surface area contributed by atoms with Gasteiger partial charge < -0.3 is 5.32 Å². The standard InChI is InChI=1S/C21H18N4/c1-2-8-15(9-3-1)14-22-21-24-17-11-5-4-10-16(17)20-23-18-12-6-7-13-19(18)25(20)21/h1-13,21-22,24H,14H2. The Morgan fingerprint density at radius 2 is 1.64 bits per heavy atom. The van der Waals surface area contributed by atoms with Crippen LogP contribution in [-0.2, 0) is 6.54 Å². The lowest BCUT2D eigenvalue weighted by Gasteiger charge is -2.30. The fraction of sp³-hybridized carbons (Fsp3) is 0.0952. The Morgan fingerprint density at radius 3 is 2.56 bits per heavy atom. The van der Waals surface area contributed by atoms with E-state index >= 15 is 0 Å². The van der Waals surface area contributed by atoms with Gasteiger partial charge in [-0.05, 0) is 29.8 Å². The van der Waals surface area contributed by atoms with Gasteiger partial charge in [0, 0.05) is 17.8 Å². The lowest BCUT2D eigenvalue weighted by molar-refractivity contribution is 0.456. The van der Waals surface area contributed by atoms with E-state index in [-0.39, 0.29) is 6.29 Å². The Bertz CT molecular complexity index is 1040. The third-order valence-electron chi connectivity index (χ3n) is 4.66. The highest BCUT2D eigenvalue weighted by molar-refractivity contribution is 5.86. The highest BCUT2D eigenvalue weighted by Gasteiger charge is 2.26. The molecule has 0 saturated heterocycles. The molecule has 1 aromatic heterocycles. The second-order valence-corrected chi connectivity index (χ2v) is 6.25. The number of para-hydroxylation sites is 3. The number of aromatic nitrogens is 2. The highest BCUT2D eigenvalue weighted by atomic mass is 15.4. The topological polar surface area (TPSA) is 41.9 Å². The largest absolute Gasteiger partial charge is 0.352 e. The molecule has 0 radical (unpaired) electrons. The number of hydrogen-bond donors (Lipinski definition) is 2. The van der Waals surface area contributed by atoms with Crippen LogP contribution in [0.4, 0.5) is 5.69 Å². The average Bonchev–Trinajstić information content (AvgIpc) is 3.07. The van der Waals surface area contributed by atoms with E-state index in [1.165, 1.54) is 5.56 Å². The van der Waals surface area contributed by atoms with Gasteiger partial charge >= 0.3 is 0 Å². The van der Waals surface area contributed by atoms with Crippen molar-refractivity contribution in [3.63, 3.8) is 0 Å². The minimum Gasteiger partial charge on any atom is -0.352 e. The van der Waals surface area contributed by atoms with Gasteiger partial charge in [0.05, 0.1) is 11.0 Å². The first-order valence-corrected chi connectivity index (χ1v) is 8.50. The summed E-state index contributed by atoms with van der Waals surface area (Å²) in [4.78, 5) is 4.88. The van der Waals surface area contributed by atoms with E-state index in [2.05, 4.69) is 81.9 Å². The molecule has 0 bridgehead atoms. The van der Waals surface area contributed by atoms with Gasteiger partial charge in [0.2, 0.25) is 0 Å². The zero-order valence-electron chi connectivity index (χ0n) is 13.7. The SMILES string of the molecule is c1ccc(CNC2Nc3ccccc3-c3nc4ccccc4n32)cc1. The average molecular weight is 326 g/mol.